The van der Waals surface area contributed by atoms with Crippen molar-refractivity contribution >= 4 is 22.6 Å². The Kier molecular flexibility index (Phi) is 4.39. The number of rotatable bonds is 4. The molecule has 1 heterocycles. The molecule has 23 heavy (non-hydrogen) atoms. The minimum Gasteiger partial charge on any atom is -0.497 e. The predicted molar refractivity (Wildman–Crippen MR) is 93.5 cm³/mol. The zero-order chi connectivity index (χ0) is 16.4. The molecule has 0 fully saturated rings. The molecule has 0 saturated carbocycles. The molecule has 0 bridgehead atoms. The monoisotopic (exact) mass is 329 g/mol. The molecule has 3 rings (SSSR count). The highest BCUT2D eigenvalue weighted by molar-refractivity contribution is 6.32. The molecule has 0 saturated heterocycles. The van der Waals surface area contributed by atoms with Gasteiger partial charge in [-0.15, -0.1) is 0 Å². The molecular formula is C19H18ClO3+. The van der Waals surface area contributed by atoms with E-state index < -0.39 is 0 Å². The van der Waals surface area contributed by atoms with Crippen molar-refractivity contribution in [3.05, 3.63) is 53.1 Å². The normalized spacial score (nSPS) is 10.8. The summed E-state index contributed by atoms with van der Waals surface area (Å²) in [5.41, 5.74) is 2.68. The molecule has 0 aliphatic carbocycles. The number of hydrogen-bond donors (Lipinski definition) is 0. The zero-order valence-corrected chi connectivity index (χ0v) is 14.1. The van der Waals surface area contributed by atoms with Crippen LogP contribution in [0.15, 0.2) is 46.9 Å². The Balaban J connectivity index is 2.18. The van der Waals surface area contributed by atoms with Gasteiger partial charge in [-0.3, -0.25) is 0 Å². The van der Waals surface area contributed by atoms with Crippen LogP contribution in [0.3, 0.4) is 0 Å². The first-order chi connectivity index (χ1) is 11.1. The van der Waals surface area contributed by atoms with E-state index in [1.807, 2.05) is 56.3 Å². The maximum atomic E-state index is 6.24. The van der Waals surface area contributed by atoms with E-state index in [-0.39, 0.29) is 0 Å². The van der Waals surface area contributed by atoms with Gasteiger partial charge in [0, 0.05) is 11.1 Å². The average molecular weight is 330 g/mol. The standard InChI is InChI=1S/C19H18ClO3/c1-4-22-18-11-17(13-5-7-14(21-3)8-6-13)23-19-9-12(2)16(20)10-15(18)19/h5-11H,4H2,1-3H3/q+1. The van der Waals surface area contributed by atoms with Crippen LogP contribution in [0.5, 0.6) is 11.5 Å². The summed E-state index contributed by atoms with van der Waals surface area (Å²) in [6.07, 6.45) is 0. The minimum atomic E-state index is 0.576. The van der Waals surface area contributed by atoms with Crippen LogP contribution in [0.2, 0.25) is 5.02 Å². The largest absolute Gasteiger partial charge is 0.497 e. The highest BCUT2D eigenvalue weighted by Gasteiger charge is 2.21. The lowest BCUT2D eigenvalue weighted by molar-refractivity contribution is 0.342. The molecule has 1 aromatic heterocycles. The topological polar surface area (TPSA) is 29.8 Å². The quantitative estimate of drug-likeness (QED) is 0.571. The van der Waals surface area contributed by atoms with Crippen molar-refractivity contribution in [2.45, 2.75) is 13.8 Å². The van der Waals surface area contributed by atoms with Gasteiger partial charge in [0.15, 0.2) is 0 Å². The van der Waals surface area contributed by atoms with Gasteiger partial charge in [0.05, 0.1) is 25.3 Å². The molecule has 0 unspecified atom stereocenters. The fourth-order valence-corrected chi connectivity index (χ4v) is 2.61. The smallest absolute Gasteiger partial charge is 0.364 e. The van der Waals surface area contributed by atoms with Gasteiger partial charge in [0.1, 0.15) is 16.9 Å². The molecule has 2 aromatic carbocycles. The second-order valence-electron chi connectivity index (χ2n) is 5.23. The summed E-state index contributed by atoms with van der Waals surface area (Å²) in [7, 11) is 1.65. The van der Waals surface area contributed by atoms with Crippen LogP contribution in [-0.2, 0) is 0 Å². The number of aryl methyl sites for hydroxylation is 1. The molecule has 0 atom stereocenters. The number of ether oxygens (including phenoxy) is 2. The van der Waals surface area contributed by atoms with E-state index in [1.165, 1.54) is 0 Å². The molecule has 0 aliphatic rings. The van der Waals surface area contributed by atoms with E-state index in [1.54, 1.807) is 7.11 Å². The molecule has 0 aliphatic heterocycles. The SMILES string of the molecule is CCOc1cc(-c2ccc(OC)cc2)[o+]c2cc(C)c(Cl)cc12. The van der Waals surface area contributed by atoms with E-state index >= 15 is 0 Å². The number of fused-ring (bicyclic) bond motifs is 1. The van der Waals surface area contributed by atoms with Crippen molar-refractivity contribution in [3.63, 3.8) is 0 Å². The highest BCUT2D eigenvalue weighted by atomic mass is 35.5. The maximum Gasteiger partial charge on any atom is 0.364 e. The van der Waals surface area contributed by atoms with Gasteiger partial charge in [-0.25, -0.2) is 4.42 Å². The first kappa shape index (κ1) is 15.6. The molecule has 118 valence electrons. The lowest BCUT2D eigenvalue weighted by Crippen LogP contribution is -1.94. The van der Waals surface area contributed by atoms with Gasteiger partial charge in [0.2, 0.25) is 0 Å². The Morgan fingerprint density at radius 2 is 1.83 bits per heavy atom. The maximum absolute atomic E-state index is 6.24. The first-order valence-corrected chi connectivity index (χ1v) is 7.84. The van der Waals surface area contributed by atoms with Crippen molar-refractivity contribution in [2.24, 2.45) is 0 Å². The highest BCUT2D eigenvalue weighted by Crippen LogP contribution is 2.35. The van der Waals surface area contributed by atoms with Crippen LogP contribution >= 0.6 is 11.6 Å². The third-order valence-electron chi connectivity index (χ3n) is 3.68. The van der Waals surface area contributed by atoms with E-state index in [4.69, 9.17) is 25.5 Å². The van der Waals surface area contributed by atoms with Gasteiger partial charge >= 0.3 is 11.3 Å². The van der Waals surface area contributed by atoms with Crippen LogP contribution in [0.1, 0.15) is 12.5 Å². The molecule has 3 aromatic rings. The van der Waals surface area contributed by atoms with Crippen molar-refractivity contribution < 1.29 is 13.9 Å². The van der Waals surface area contributed by atoms with Gasteiger partial charge in [-0.1, -0.05) is 11.6 Å². The van der Waals surface area contributed by atoms with Crippen LogP contribution in [0.25, 0.3) is 22.3 Å². The van der Waals surface area contributed by atoms with Crippen LogP contribution < -0.4 is 9.47 Å². The fraction of sp³-hybridized carbons (Fsp3) is 0.211. The number of benzene rings is 2. The van der Waals surface area contributed by atoms with Gasteiger partial charge in [-0.05, 0) is 49.7 Å². The van der Waals surface area contributed by atoms with Crippen LogP contribution in [0.4, 0.5) is 0 Å². The van der Waals surface area contributed by atoms with Crippen LogP contribution in [0, 0.1) is 6.92 Å². The van der Waals surface area contributed by atoms with Crippen molar-refractivity contribution in [1.82, 2.24) is 0 Å². The third-order valence-corrected chi connectivity index (χ3v) is 4.09. The number of methoxy groups -OCH3 is 1. The van der Waals surface area contributed by atoms with E-state index in [9.17, 15) is 0 Å². The van der Waals surface area contributed by atoms with Crippen molar-refractivity contribution in [2.75, 3.05) is 13.7 Å². The van der Waals surface area contributed by atoms with Crippen molar-refractivity contribution in [1.29, 1.82) is 0 Å². The predicted octanol–water partition coefficient (Wildman–Crippen LogP) is 5.75. The molecule has 4 heteroatoms. The summed E-state index contributed by atoms with van der Waals surface area (Å²) in [6, 6.07) is 13.5. The van der Waals surface area contributed by atoms with E-state index in [2.05, 4.69) is 0 Å². The molecule has 3 nitrogen and oxygen atoms in total. The van der Waals surface area contributed by atoms with Crippen LogP contribution in [-0.4, -0.2) is 13.7 Å². The number of hydrogen-bond acceptors (Lipinski definition) is 2. The summed E-state index contributed by atoms with van der Waals surface area (Å²) in [6.45, 7) is 4.49. The Labute approximate surface area is 140 Å². The molecule has 0 radical (unpaired) electrons. The fourth-order valence-electron chi connectivity index (χ4n) is 2.45. The average Bonchev–Trinajstić information content (AvgIpc) is 2.56. The van der Waals surface area contributed by atoms with Gasteiger partial charge in [-0.2, -0.15) is 0 Å². The lowest BCUT2D eigenvalue weighted by atomic mass is 10.1. The first-order valence-electron chi connectivity index (χ1n) is 7.46. The van der Waals surface area contributed by atoms with Crippen molar-refractivity contribution in [3.8, 4) is 22.8 Å². The zero-order valence-electron chi connectivity index (χ0n) is 13.4. The molecular weight excluding hydrogens is 312 g/mol. The minimum absolute atomic E-state index is 0.576. The Hall–Kier alpha value is -2.26. The Morgan fingerprint density at radius 1 is 1.09 bits per heavy atom. The van der Waals surface area contributed by atoms with Gasteiger partial charge in [0.25, 0.3) is 0 Å². The van der Waals surface area contributed by atoms with E-state index in [0.29, 0.717) is 11.6 Å². The Morgan fingerprint density at radius 3 is 2.48 bits per heavy atom. The lowest BCUT2D eigenvalue weighted by Gasteiger charge is -2.05. The summed E-state index contributed by atoms with van der Waals surface area (Å²) < 4.78 is 17.0. The van der Waals surface area contributed by atoms with E-state index in [0.717, 1.165) is 39.4 Å². The third kappa shape index (κ3) is 3.10. The summed E-state index contributed by atoms with van der Waals surface area (Å²) in [4.78, 5) is 0. The summed E-state index contributed by atoms with van der Waals surface area (Å²) in [5, 5.41) is 1.57. The number of halogens is 1. The summed E-state index contributed by atoms with van der Waals surface area (Å²) >= 11 is 6.24. The molecule has 0 spiro atoms. The summed E-state index contributed by atoms with van der Waals surface area (Å²) in [5.74, 6) is 2.31. The Bertz CT molecular complexity index is 841. The van der Waals surface area contributed by atoms with Gasteiger partial charge < -0.3 is 9.47 Å². The second-order valence-corrected chi connectivity index (χ2v) is 5.64. The molecule has 0 N–H and O–H groups in total. The second kappa shape index (κ2) is 6.47. The molecule has 0 amide bonds.